The van der Waals surface area contributed by atoms with Crippen molar-refractivity contribution in [2.75, 3.05) is 6.54 Å². The molecule has 0 aromatic heterocycles. The number of amides is 1. The summed E-state index contributed by atoms with van der Waals surface area (Å²) in [6, 6.07) is 16.1. The van der Waals surface area contributed by atoms with Crippen LogP contribution in [0.25, 0.3) is 0 Å². The third-order valence-electron chi connectivity index (χ3n) is 5.54. The van der Waals surface area contributed by atoms with Gasteiger partial charge in [-0.2, -0.15) is 0 Å². The minimum Gasteiger partial charge on any atom is -0.489 e. The molecular weight excluding hydrogens is 366 g/mol. The molecule has 3 rings (SSSR count). The molecule has 2 unspecified atom stereocenters. The molecule has 0 heterocycles. The molecule has 2 atom stereocenters. The quantitative estimate of drug-likeness (QED) is 0.705. The van der Waals surface area contributed by atoms with Gasteiger partial charge in [0.15, 0.2) is 0 Å². The van der Waals surface area contributed by atoms with Crippen molar-refractivity contribution in [2.45, 2.75) is 45.6 Å². The van der Waals surface area contributed by atoms with Gasteiger partial charge in [0.05, 0.1) is 11.8 Å². The molecule has 154 valence electrons. The lowest BCUT2D eigenvalue weighted by molar-refractivity contribution is -0.148. The summed E-state index contributed by atoms with van der Waals surface area (Å²) in [6.07, 6.45) is 3.77. The van der Waals surface area contributed by atoms with Gasteiger partial charge in [-0.1, -0.05) is 54.8 Å². The predicted octanol–water partition coefficient (Wildman–Crippen LogP) is 4.12. The maximum absolute atomic E-state index is 12.4. The average molecular weight is 395 g/mol. The number of nitrogens with one attached hydrogen (secondary N) is 1. The fourth-order valence-corrected chi connectivity index (χ4v) is 3.92. The van der Waals surface area contributed by atoms with Gasteiger partial charge >= 0.3 is 5.97 Å². The number of aryl methyl sites for hydroxylation is 1. The third kappa shape index (κ3) is 6.08. The number of hydrogen-bond donors (Lipinski definition) is 2. The van der Waals surface area contributed by atoms with Crippen molar-refractivity contribution in [3.8, 4) is 5.75 Å². The fourth-order valence-electron chi connectivity index (χ4n) is 3.92. The normalized spacial score (nSPS) is 18.8. The number of rotatable bonds is 8. The zero-order valence-electron chi connectivity index (χ0n) is 16.9. The van der Waals surface area contributed by atoms with E-state index in [1.807, 2.05) is 36.4 Å². The first-order valence-electron chi connectivity index (χ1n) is 10.3. The second kappa shape index (κ2) is 10.1. The lowest BCUT2D eigenvalue weighted by Gasteiger charge is -2.27. The number of ether oxygens (including phenoxy) is 1. The predicted molar refractivity (Wildman–Crippen MR) is 112 cm³/mol. The Kier molecular flexibility index (Phi) is 7.28. The Morgan fingerprint density at radius 2 is 1.76 bits per heavy atom. The molecule has 5 heteroatoms. The molecule has 2 N–H and O–H groups in total. The summed E-state index contributed by atoms with van der Waals surface area (Å²) in [7, 11) is 0. The number of aliphatic carboxylic acids is 1. The molecule has 0 bridgehead atoms. The van der Waals surface area contributed by atoms with Gasteiger partial charge in [-0.3, -0.25) is 9.59 Å². The second-order valence-corrected chi connectivity index (χ2v) is 7.80. The number of carbonyl (C=O) groups is 2. The highest BCUT2D eigenvalue weighted by Gasteiger charge is 2.35. The van der Waals surface area contributed by atoms with Crippen molar-refractivity contribution in [3.63, 3.8) is 0 Å². The van der Waals surface area contributed by atoms with Gasteiger partial charge < -0.3 is 15.2 Å². The van der Waals surface area contributed by atoms with Crippen LogP contribution in [0.5, 0.6) is 5.75 Å². The Hall–Kier alpha value is -2.82. The van der Waals surface area contributed by atoms with Crippen LogP contribution in [0.2, 0.25) is 0 Å². The Labute approximate surface area is 172 Å². The first kappa shape index (κ1) is 20.9. The number of hydrogen-bond acceptors (Lipinski definition) is 3. The molecular formula is C24H29NO4. The van der Waals surface area contributed by atoms with Crippen molar-refractivity contribution in [2.24, 2.45) is 11.8 Å². The number of carboxylic acids is 1. The van der Waals surface area contributed by atoms with E-state index in [0.717, 1.165) is 29.7 Å². The van der Waals surface area contributed by atoms with Crippen LogP contribution in [0.3, 0.4) is 0 Å². The minimum absolute atomic E-state index is 0.129. The van der Waals surface area contributed by atoms with Crippen LogP contribution < -0.4 is 10.1 Å². The topological polar surface area (TPSA) is 75.6 Å². The smallest absolute Gasteiger partial charge is 0.307 e. The fraction of sp³-hybridized carbons (Fsp3) is 0.417. The first-order chi connectivity index (χ1) is 14.0. The van der Waals surface area contributed by atoms with Crippen molar-refractivity contribution >= 4 is 11.9 Å². The first-order valence-corrected chi connectivity index (χ1v) is 10.3. The number of carboxylic acid groups (broad SMARTS) is 1. The van der Waals surface area contributed by atoms with E-state index in [2.05, 4.69) is 24.4 Å². The van der Waals surface area contributed by atoms with Crippen LogP contribution in [0, 0.1) is 18.8 Å². The molecule has 29 heavy (non-hydrogen) atoms. The maximum atomic E-state index is 12.4. The number of carbonyl (C=O) groups excluding carboxylic acids is 1. The molecule has 1 saturated carbocycles. The zero-order valence-corrected chi connectivity index (χ0v) is 16.9. The van der Waals surface area contributed by atoms with E-state index in [4.69, 9.17) is 4.74 Å². The summed E-state index contributed by atoms with van der Waals surface area (Å²) >= 11 is 0. The van der Waals surface area contributed by atoms with Gasteiger partial charge in [0.2, 0.25) is 5.91 Å². The summed E-state index contributed by atoms with van der Waals surface area (Å²) in [6.45, 7) is 3.10. The monoisotopic (exact) mass is 395 g/mol. The van der Waals surface area contributed by atoms with Crippen LogP contribution in [0.1, 0.15) is 42.4 Å². The van der Waals surface area contributed by atoms with Gasteiger partial charge in [-0.25, -0.2) is 0 Å². The average Bonchev–Trinajstić information content (AvgIpc) is 2.73. The third-order valence-corrected chi connectivity index (χ3v) is 5.54. The molecule has 0 spiro atoms. The molecule has 2 aromatic rings. The van der Waals surface area contributed by atoms with E-state index in [-0.39, 0.29) is 5.91 Å². The van der Waals surface area contributed by atoms with E-state index < -0.39 is 17.8 Å². The van der Waals surface area contributed by atoms with E-state index >= 15 is 0 Å². The molecule has 0 saturated heterocycles. The largest absolute Gasteiger partial charge is 0.489 e. The summed E-state index contributed by atoms with van der Waals surface area (Å²) in [4.78, 5) is 23.8. The summed E-state index contributed by atoms with van der Waals surface area (Å²) in [5.74, 6) is -1.13. The van der Waals surface area contributed by atoms with Crippen molar-refractivity contribution in [1.29, 1.82) is 0 Å². The molecule has 0 aliphatic heterocycles. The maximum Gasteiger partial charge on any atom is 0.307 e. The molecule has 5 nitrogen and oxygen atoms in total. The van der Waals surface area contributed by atoms with E-state index in [9.17, 15) is 14.7 Å². The highest BCUT2D eigenvalue weighted by Crippen LogP contribution is 2.30. The lowest BCUT2D eigenvalue weighted by Crippen LogP contribution is -2.40. The zero-order chi connectivity index (χ0) is 20.6. The van der Waals surface area contributed by atoms with E-state index in [1.165, 1.54) is 5.56 Å². The summed E-state index contributed by atoms with van der Waals surface area (Å²) in [5, 5.41) is 12.2. The van der Waals surface area contributed by atoms with E-state index in [1.54, 1.807) is 0 Å². The minimum atomic E-state index is -0.855. The van der Waals surface area contributed by atoms with Gasteiger partial charge in [0.1, 0.15) is 12.4 Å². The van der Waals surface area contributed by atoms with Gasteiger partial charge in [0.25, 0.3) is 0 Å². The Bertz CT molecular complexity index is 831. The highest BCUT2D eigenvalue weighted by molar-refractivity contribution is 5.84. The Morgan fingerprint density at radius 1 is 1.03 bits per heavy atom. The molecule has 0 radical (unpaired) electrons. The highest BCUT2D eigenvalue weighted by atomic mass is 16.5. The number of benzene rings is 2. The van der Waals surface area contributed by atoms with E-state index in [0.29, 0.717) is 32.4 Å². The van der Waals surface area contributed by atoms with Crippen LogP contribution in [-0.4, -0.2) is 23.5 Å². The SMILES string of the molecule is Cc1cccc(COc2ccc(CCNC(=O)C3CCCCC3C(=O)O)cc2)c1. The Morgan fingerprint density at radius 3 is 2.45 bits per heavy atom. The second-order valence-electron chi connectivity index (χ2n) is 7.80. The van der Waals surface area contributed by atoms with Crippen molar-refractivity contribution < 1.29 is 19.4 Å². The van der Waals surface area contributed by atoms with Crippen LogP contribution in [-0.2, 0) is 22.6 Å². The van der Waals surface area contributed by atoms with Gasteiger partial charge in [-0.15, -0.1) is 0 Å². The molecule has 1 aliphatic rings. The molecule has 1 fully saturated rings. The van der Waals surface area contributed by atoms with Crippen molar-refractivity contribution in [3.05, 3.63) is 65.2 Å². The molecule has 1 aliphatic carbocycles. The summed E-state index contributed by atoms with van der Waals surface area (Å²) in [5.41, 5.74) is 3.46. The van der Waals surface area contributed by atoms with Gasteiger partial charge in [0, 0.05) is 6.54 Å². The Balaban J connectivity index is 1.44. The summed E-state index contributed by atoms with van der Waals surface area (Å²) < 4.78 is 5.83. The lowest BCUT2D eigenvalue weighted by atomic mass is 9.78. The standard InChI is InChI=1S/C24H29NO4/c1-17-5-4-6-19(15-17)16-29-20-11-9-18(10-12-20)13-14-25-23(26)21-7-2-3-8-22(21)24(27)28/h4-6,9-12,15,21-22H,2-3,7-8,13-14,16H2,1H3,(H,25,26)(H,27,28). The molecule has 1 amide bonds. The van der Waals surface area contributed by atoms with Crippen LogP contribution >= 0.6 is 0 Å². The van der Waals surface area contributed by atoms with Gasteiger partial charge in [-0.05, 0) is 49.4 Å². The molecule has 2 aromatic carbocycles. The van der Waals surface area contributed by atoms with Crippen LogP contribution in [0.4, 0.5) is 0 Å². The van der Waals surface area contributed by atoms with Crippen LogP contribution in [0.15, 0.2) is 48.5 Å². The van der Waals surface area contributed by atoms with Crippen molar-refractivity contribution in [1.82, 2.24) is 5.32 Å².